The van der Waals surface area contributed by atoms with E-state index in [0.29, 0.717) is 0 Å². The van der Waals surface area contributed by atoms with Crippen molar-refractivity contribution in [3.63, 3.8) is 0 Å². The van der Waals surface area contributed by atoms with Crippen molar-refractivity contribution in [2.75, 3.05) is 0 Å². The largest absolute Gasteiger partial charge is 0.430 e. The van der Waals surface area contributed by atoms with Crippen molar-refractivity contribution in [2.45, 2.75) is 64.0 Å². The molecule has 3 aliphatic rings. The molecule has 5 nitrogen and oxygen atoms in total. The van der Waals surface area contributed by atoms with E-state index in [1.807, 2.05) is 20.8 Å². The van der Waals surface area contributed by atoms with E-state index < -0.39 is 17.2 Å². The molecule has 96 valence electrons. The van der Waals surface area contributed by atoms with Crippen LogP contribution in [0, 0.1) is 5.92 Å². The molecule has 0 saturated carbocycles. The molecular weight excluding hydrogens is 224 g/mol. The summed E-state index contributed by atoms with van der Waals surface area (Å²) in [6.45, 7) is 9.20. The van der Waals surface area contributed by atoms with Crippen LogP contribution in [0.1, 0.15) is 34.6 Å². The minimum absolute atomic E-state index is 0.246. The van der Waals surface area contributed by atoms with Crippen molar-refractivity contribution in [1.29, 1.82) is 0 Å². The predicted molar refractivity (Wildman–Crippen MR) is 57.0 cm³/mol. The number of carbonyl (C=O) groups is 1. The van der Waals surface area contributed by atoms with Gasteiger partial charge in [-0.3, -0.25) is 4.79 Å². The zero-order valence-electron chi connectivity index (χ0n) is 10.8. The number of ether oxygens (including phenoxy) is 4. The van der Waals surface area contributed by atoms with E-state index in [-0.39, 0.29) is 24.1 Å². The predicted octanol–water partition coefficient (Wildman–Crippen LogP) is 1.20. The topological polar surface area (TPSA) is 54.0 Å². The first-order valence-electron chi connectivity index (χ1n) is 5.97. The Hall–Kier alpha value is -0.650. The van der Waals surface area contributed by atoms with Crippen LogP contribution in [0.2, 0.25) is 0 Å². The fourth-order valence-corrected chi connectivity index (χ4v) is 3.37. The zero-order chi connectivity index (χ0) is 12.6. The summed E-state index contributed by atoms with van der Waals surface area (Å²) in [7, 11) is 0. The van der Waals surface area contributed by atoms with E-state index in [4.69, 9.17) is 18.9 Å². The van der Waals surface area contributed by atoms with Crippen molar-refractivity contribution in [3.05, 3.63) is 0 Å². The van der Waals surface area contributed by atoms with Gasteiger partial charge in [0.05, 0.1) is 5.92 Å². The summed E-state index contributed by atoms with van der Waals surface area (Å²) in [6, 6.07) is 0. The lowest BCUT2D eigenvalue weighted by Crippen LogP contribution is -2.49. The van der Waals surface area contributed by atoms with Crippen LogP contribution in [-0.2, 0) is 23.7 Å². The maximum absolute atomic E-state index is 11.8. The third-order valence-electron chi connectivity index (χ3n) is 3.92. The summed E-state index contributed by atoms with van der Waals surface area (Å²) >= 11 is 0. The minimum Gasteiger partial charge on any atom is -0.430 e. The molecule has 0 aromatic heterocycles. The highest BCUT2D eigenvalue weighted by molar-refractivity contribution is 5.75. The van der Waals surface area contributed by atoms with E-state index >= 15 is 0 Å². The Kier molecular flexibility index (Phi) is 1.91. The molecule has 3 saturated heterocycles. The highest BCUT2D eigenvalue weighted by atomic mass is 16.8. The van der Waals surface area contributed by atoms with Crippen LogP contribution in [0.25, 0.3) is 0 Å². The van der Waals surface area contributed by atoms with Gasteiger partial charge in [-0.15, -0.1) is 0 Å². The Balaban J connectivity index is 2.07. The third-order valence-corrected chi connectivity index (χ3v) is 3.92. The quantitative estimate of drug-likeness (QED) is 0.597. The Labute approximate surface area is 100 Å². The molecule has 0 spiro atoms. The molecule has 0 N–H and O–H groups in total. The van der Waals surface area contributed by atoms with Crippen molar-refractivity contribution in [3.8, 4) is 0 Å². The molecule has 0 radical (unpaired) electrons. The standard InChI is InChI=1S/C12H18O5/c1-6-7-11(4)9(16-10(2,3)17-11)12(5,14-7)15-8(6)13/h6-7,9H,1-5H3/t6-,7-,9-,11-,12+/m1/s1. The summed E-state index contributed by atoms with van der Waals surface area (Å²) in [5.74, 6) is -2.29. The van der Waals surface area contributed by atoms with E-state index in [9.17, 15) is 4.79 Å². The van der Waals surface area contributed by atoms with Crippen LogP contribution in [-0.4, -0.2) is 35.4 Å². The minimum atomic E-state index is -1.03. The molecule has 3 fully saturated rings. The van der Waals surface area contributed by atoms with E-state index in [1.165, 1.54) is 0 Å². The third kappa shape index (κ3) is 1.27. The summed E-state index contributed by atoms with van der Waals surface area (Å²) in [5.41, 5.74) is -0.635. The van der Waals surface area contributed by atoms with Gasteiger partial charge < -0.3 is 18.9 Å². The van der Waals surface area contributed by atoms with Crippen LogP contribution < -0.4 is 0 Å². The van der Waals surface area contributed by atoms with Crippen LogP contribution in [0.4, 0.5) is 0 Å². The molecule has 3 aliphatic heterocycles. The normalized spacial score (nSPS) is 55.6. The second-order valence-electron chi connectivity index (χ2n) is 5.95. The fourth-order valence-electron chi connectivity index (χ4n) is 3.37. The van der Waals surface area contributed by atoms with Gasteiger partial charge in [-0.2, -0.15) is 0 Å². The molecule has 2 bridgehead atoms. The Morgan fingerprint density at radius 2 is 1.76 bits per heavy atom. The van der Waals surface area contributed by atoms with Gasteiger partial charge in [0.2, 0.25) is 5.79 Å². The SMILES string of the molecule is C[C@H]1C(=O)O[C@]2(C)O[C@H]1[C@@]1(C)OC(C)(C)O[C@@H]21. The molecule has 3 heterocycles. The Morgan fingerprint density at radius 3 is 2.41 bits per heavy atom. The number of rotatable bonds is 0. The lowest BCUT2D eigenvalue weighted by molar-refractivity contribution is -0.303. The van der Waals surface area contributed by atoms with Crippen molar-refractivity contribution < 1.29 is 23.7 Å². The van der Waals surface area contributed by atoms with Crippen LogP contribution >= 0.6 is 0 Å². The molecule has 0 amide bonds. The Bertz CT molecular complexity index is 392. The van der Waals surface area contributed by atoms with Crippen molar-refractivity contribution in [2.24, 2.45) is 5.92 Å². The van der Waals surface area contributed by atoms with Crippen LogP contribution in [0.3, 0.4) is 0 Å². The second-order valence-corrected chi connectivity index (χ2v) is 5.95. The number of fused-ring (bicyclic) bond motifs is 5. The lowest BCUT2D eigenvalue weighted by Gasteiger charge is -2.37. The second kappa shape index (κ2) is 2.84. The number of esters is 1. The highest BCUT2D eigenvalue weighted by Gasteiger charge is 2.73. The number of carbonyl (C=O) groups excluding carboxylic acids is 1. The van der Waals surface area contributed by atoms with Gasteiger partial charge in [-0.25, -0.2) is 0 Å². The zero-order valence-corrected chi connectivity index (χ0v) is 10.8. The molecule has 5 heteroatoms. The van der Waals surface area contributed by atoms with Crippen molar-refractivity contribution in [1.82, 2.24) is 0 Å². The van der Waals surface area contributed by atoms with Gasteiger partial charge in [0.1, 0.15) is 11.7 Å². The van der Waals surface area contributed by atoms with Crippen LogP contribution in [0.15, 0.2) is 0 Å². The summed E-state index contributed by atoms with van der Waals surface area (Å²) < 4.78 is 23.1. The average molecular weight is 242 g/mol. The maximum Gasteiger partial charge on any atom is 0.314 e. The number of hydrogen-bond donors (Lipinski definition) is 0. The molecule has 17 heavy (non-hydrogen) atoms. The van der Waals surface area contributed by atoms with Gasteiger partial charge in [0.15, 0.2) is 11.9 Å². The smallest absolute Gasteiger partial charge is 0.314 e. The Morgan fingerprint density at radius 1 is 1.12 bits per heavy atom. The molecule has 0 aliphatic carbocycles. The van der Waals surface area contributed by atoms with E-state index in [2.05, 4.69) is 0 Å². The first kappa shape index (κ1) is 11.4. The highest BCUT2D eigenvalue weighted by Crippen LogP contribution is 2.55. The summed E-state index contributed by atoms with van der Waals surface area (Å²) in [5, 5.41) is 0. The maximum atomic E-state index is 11.8. The summed E-state index contributed by atoms with van der Waals surface area (Å²) in [4.78, 5) is 11.8. The van der Waals surface area contributed by atoms with Gasteiger partial charge in [-0.05, 0) is 27.7 Å². The molecule has 3 rings (SSSR count). The van der Waals surface area contributed by atoms with Gasteiger partial charge in [0.25, 0.3) is 0 Å². The first-order chi connectivity index (χ1) is 7.68. The monoisotopic (exact) mass is 242 g/mol. The van der Waals surface area contributed by atoms with Gasteiger partial charge in [0, 0.05) is 6.92 Å². The molecule has 0 aromatic rings. The van der Waals surface area contributed by atoms with Gasteiger partial charge >= 0.3 is 5.97 Å². The van der Waals surface area contributed by atoms with Gasteiger partial charge in [-0.1, -0.05) is 0 Å². The molecule has 0 unspecified atom stereocenters. The first-order valence-corrected chi connectivity index (χ1v) is 5.97. The van der Waals surface area contributed by atoms with Crippen molar-refractivity contribution >= 4 is 5.97 Å². The summed E-state index contributed by atoms with van der Waals surface area (Å²) in [6.07, 6.45) is -0.704. The lowest BCUT2D eigenvalue weighted by atomic mass is 9.87. The average Bonchev–Trinajstić information content (AvgIpc) is 2.52. The van der Waals surface area contributed by atoms with E-state index in [0.717, 1.165) is 0 Å². The molecular formula is C12H18O5. The fraction of sp³-hybridized carbons (Fsp3) is 0.917. The molecule has 0 aromatic carbocycles. The van der Waals surface area contributed by atoms with Crippen LogP contribution in [0.5, 0.6) is 0 Å². The van der Waals surface area contributed by atoms with E-state index in [1.54, 1.807) is 13.8 Å². The number of hydrogen-bond acceptors (Lipinski definition) is 5. The molecule has 5 atom stereocenters.